The van der Waals surface area contributed by atoms with Crippen LogP contribution in [0.25, 0.3) is 0 Å². The molecule has 2 saturated heterocycles. The second kappa shape index (κ2) is 12.0. The number of nitrogens with zero attached hydrogens (tertiary/aromatic N) is 3. The highest BCUT2D eigenvalue weighted by molar-refractivity contribution is 6.71. The summed E-state index contributed by atoms with van der Waals surface area (Å²) in [6.07, 6.45) is 1.34. The van der Waals surface area contributed by atoms with Crippen molar-refractivity contribution < 1.29 is 29.0 Å². The van der Waals surface area contributed by atoms with Crippen molar-refractivity contribution in [1.29, 1.82) is 0 Å². The van der Waals surface area contributed by atoms with Crippen LogP contribution in [0.15, 0.2) is 72.8 Å². The topological polar surface area (TPSA) is 111 Å². The van der Waals surface area contributed by atoms with Crippen LogP contribution in [0.5, 0.6) is 0 Å². The normalized spacial score (nSPS) is 27.1. The first kappa shape index (κ1) is 31.8. The van der Waals surface area contributed by atoms with Gasteiger partial charge < -0.3 is 29.3 Å². The number of benzene rings is 3. The molecular weight excluding hydrogens is 611 g/mol. The first-order chi connectivity index (χ1) is 22.5. The maximum absolute atomic E-state index is 14.7. The Morgan fingerprint density at radius 1 is 1.00 bits per heavy atom. The largest absolute Gasteiger partial charge is 0.432 e. The lowest BCUT2D eigenvalue weighted by Gasteiger charge is -2.37. The number of anilines is 2. The van der Waals surface area contributed by atoms with Crippen LogP contribution in [0.1, 0.15) is 48.4 Å². The van der Waals surface area contributed by atoms with Gasteiger partial charge in [-0.3, -0.25) is 14.4 Å². The summed E-state index contributed by atoms with van der Waals surface area (Å²) in [5.74, 6) is -0.595. The molecule has 2 fully saturated rings. The van der Waals surface area contributed by atoms with E-state index in [9.17, 15) is 24.3 Å². The summed E-state index contributed by atoms with van der Waals surface area (Å²) in [6, 6.07) is 23.1. The molecule has 0 unspecified atom stereocenters. The van der Waals surface area contributed by atoms with E-state index in [0.717, 1.165) is 46.6 Å². The zero-order valence-corrected chi connectivity index (χ0v) is 28.3. The van der Waals surface area contributed by atoms with Crippen molar-refractivity contribution in [3.8, 4) is 0 Å². The van der Waals surface area contributed by atoms with Crippen LogP contribution in [0.3, 0.4) is 0 Å². The Kier molecular flexibility index (Phi) is 8.11. The minimum absolute atomic E-state index is 0.0124. The number of aliphatic hydroxyl groups excluding tert-OH is 1. The molecule has 4 heterocycles. The van der Waals surface area contributed by atoms with Gasteiger partial charge in [-0.15, -0.1) is 0 Å². The quantitative estimate of drug-likeness (QED) is 0.364. The number of ether oxygens (including phenoxy) is 1. The predicted octanol–water partition coefficient (Wildman–Crippen LogP) is 4.49. The molecule has 3 amide bonds. The molecule has 0 aromatic heterocycles. The maximum atomic E-state index is 14.7. The minimum Gasteiger partial charge on any atom is -0.432 e. The summed E-state index contributed by atoms with van der Waals surface area (Å²) in [4.78, 5) is 58.0. The summed E-state index contributed by atoms with van der Waals surface area (Å²) >= 11 is 0. The second-order valence-corrected chi connectivity index (χ2v) is 18.1. The lowest BCUT2D eigenvalue weighted by atomic mass is 9.82. The summed E-state index contributed by atoms with van der Waals surface area (Å²) < 4.78 is 6.90. The highest BCUT2D eigenvalue weighted by Crippen LogP contribution is 2.59. The first-order valence-corrected chi connectivity index (χ1v) is 19.7. The van der Waals surface area contributed by atoms with E-state index in [4.69, 9.17) is 4.74 Å². The molecule has 4 aliphatic heterocycles. The fraction of sp³-hybridized carbons (Fsp3) is 0.432. The predicted molar refractivity (Wildman–Crippen MR) is 181 cm³/mol. The SMILES string of the molecule is C[C@H]1[C@H]([Si](C)(C)O)[C@@H](CC(=O)N2Cc3ccccc3C[C@H]2CO)O[C@]12C(=O)N(Cc1ccc(N3CCCC3=O)cc1)c1ccccc12. The van der Waals surface area contributed by atoms with E-state index in [1.165, 1.54) is 0 Å². The van der Waals surface area contributed by atoms with Gasteiger partial charge in [0.2, 0.25) is 11.8 Å². The third-order valence-electron chi connectivity index (χ3n) is 10.8. The Bertz CT molecular complexity index is 1710. The van der Waals surface area contributed by atoms with Gasteiger partial charge in [0.25, 0.3) is 5.91 Å². The molecule has 3 aromatic rings. The van der Waals surface area contributed by atoms with Crippen LogP contribution < -0.4 is 9.80 Å². The van der Waals surface area contributed by atoms with Crippen LogP contribution in [-0.4, -0.2) is 66.1 Å². The molecular formula is C37H43N3O6Si. The molecule has 47 heavy (non-hydrogen) atoms. The highest BCUT2D eigenvalue weighted by Gasteiger charge is 2.66. The third-order valence-corrected chi connectivity index (χ3v) is 13.3. The molecule has 0 bridgehead atoms. The van der Waals surface area contributed by atoms with Gasteiger partial charge in [0.05, 0.1) is 37.4 Å². The molecule has 0 aliphatic carbocycles. The Labute approximate surface area is 276 Å². The smallest absolute Gasteiger partial charge is 0.264 e. The van der Waals surface area contributed by atoms with E-state index >= 15 is 0 Å². The number of amides is 3. The number of rotatable bonds is 7. The molecule has 246 valence electrons. The van der Waals surface area contributed by atoms with Crippen molar-refractivity contribution in [3.63, 3.8) is 0 Å². The van der Waals surface area contributed by atoms with Crippen LogP contribution in [-0.2, 0) is 44.2 Å². The van der Waals surface area contributed by atoms with Crippen molar-refractivity contribution in [1.82, 2.24) is 4.90 Å². The molecule has 0 saturated carbocycles. The van der Waals surface area contributed by atoms with Crippen molar-refractivity contribution >= 4 is 37.4 Å². The molecule has 9 nitrogen and oxygen atoms in total. The van der Waals surface area contributed by atoms with E-state index in [1.807, 2.05) is 92.8 Å². The molecule has 4 aliphatic rings. The van der Waals surface area contributed by atoms with E-state index < -0.39 is 20.0 Å². The number of carbonyl (C=O) groups excluding carboxylic acids is 3. The van der Waals surface area contributed by atoms with E-state index in [1.54, 1.807) is 14.7 Å². The number of hydrogen-bond donors (Lipinski definition) is 2. The minimum atomic E-state index is -2.96. The van der Waals surface area contributed by atoms with Gasteiger partial charge in [0.1, 0.15) is 0 Å². The fourth-order valence-corrected chi connectivity index (χ4v) is 11.2. The number of aliphatic hydroxyl groups is 1. The maximum Gasteiger partial charge on any atom is 0.264 e. The molecule has 10 heteroatoms. The molecule has 5 atom stereocenters. The van der Waals surface area contributed by atoms with E-state index in [-0.39, 0.29) is 48.3 Å². The zero-order valence-electron chi connectivity index (χ0n) is 27.3. The van der Waals surface area contributed by atoms with Crippen LogP contribution >= 0.6 is 0 Å². The summed E-state index contributed by atoms with van der Waals surface area (Å²) in [5.41, 5.74) is 3.78. The van der Waals surface area contributed by atoms with Crippen molar-refractivity contribution in [3.05, 3.63) is 95.1 Å². The van der Waals surface area contributed by atoms with Crippen LogP contribution in [0.2, 0.25) is 18.6 Å². The Balaban J connectivity index is 1.18. The summed E-state index contributed by atoms with van der Waals surface area (Å²) in [5, 5.41) is 10.2. The number of fused-ring (bicyclic) bond motifs is 3. The van der Waals surface area contributed by atoms with Crippen molar-refractivity contribution in [2.75, 3.05) is 23.0 Å². The average molecular weight is 654 g/mol. The Hall–Kier alpha value is -3.83. The monoisotopic (exact) mass is 653 g/mol. The highest BCUT2D eigenvalue weighted by atomic mass is 28.4. The van der Waals surface area contributed by atoms with Gasteiger partial charge in [0, 0.05) is 42.2 Å². The Morgan fingerprint density at radius 3 is 2.38 bits per heavy atom. The van der Waals surface area contributed by atoms with Gasteiger partial charge in [-0.2, -0.15) is 0 Å². The molecule has 2 N–H and O–H groups in total. The lowest BCUT2D eigenvalue weighted by Crippen LogP contribution is -2.48. The number of hydrogen-bond acceptors (Lipinski definition) is 6. The average Bonchev–Trinajstić information content (AvgIpc) is 3.69. The number of para-hydroxylation sites is 1. The van der Waals surface area contributed by atoms with Crippen LogP contribution in [0, 0.1) is 5.92 Å². The van der Waals surface area contributed by atoms with E-state index in [0.29, 0.717) is 25.9 Å². The van der Waals surface area contributed by atoms with E-state index in [2.05, 4.69) is 0 Å². The first-order valence-electron chi connectivity index (χ1n) is 16.7. The van der Waals surface area contributed by atoms with Gasteiger partial charge in [0.15, 0.2) is 13.9 Å². The fourth-order valence-electron chi connectivity index (χ4n) is 8.61. The van der Waals surface area contributed by atoms with Crippen LogP contribution in [0.4, 0.5) is 11.4 Å². The van der Waals surface area contributed by atoms with Gasteiger partial charge in [-0.05, 0) is 60.8 Å². The van der Waals surface area contributed by atoms with Crippen molar-refractivity contribution in [2.45, 2.75) is 82.1 Å². The second-order valence-electron chi connectivity index (χ2n) is 14.1. The molecule has 7 rings (SSSR count). The number of carbonyl (C=O) groups is 3. The summed E-state index contributed by atoms with van der Waals surface area (Å²) in [6.45, 7) is 6.99. The molecule has 1 spiro atoms. The molecule has 0 radical (unpaired) electrons. The lowest BCUT2D eigenvalue weighted by molar-refractivity contribution is -0.151. The summed E-state index contributed by atoms with van der Waals surface area (Å²) in [7, 11) is -2.96. The Morgan fingerprint density at radius 2 is 1.70 bits per heavy atom. The third kappa shape index (κ3) is 5.31. The van der Waals surface area contributed by atoms with Crippen molar-refractivity contribution in [2.24, 2.45) is 5.92 Å². The van der Waals surface area contributed by atoms with Gasteiger partial charge >= 0.3 is 0 Å². The van der Waals surface area contributed by atoms with Gasteiger partial charge in [-0.25, -0.2) is 0 Å². The molecule has 3 aromatic carbocycles. The standard InChI is InChI=1S/C37H43N3O6Si/c1-24-35(47(2,3)45)32(20-34(43)39-22-27-10-5-4-9-26(27)19-29(39)23-41)46-37(24)30-11-6-7-12-31(30)40(36(37)44)21-25-14-16-28(17-15-25)38-18-8-13-33(38)42/h4-7,9-12,14-17,24,29,32,35,41,45H,8,13,18-23H2,1-3H3/t24-,29-,32+,35-,37+/m0/s1. The van der Waals surface area contributed by atoms with Gasteiger partial charge in [-0.1, -0.05) is 61.5 Å². The zero-order chi connectivity index (χ0) is 33.1.